The molecule has 0 N–H and O–H groups in total. The van der Waals surface area contributed by atoms with Crippen molar-refractivity contribution in [1.29, 1.82) is 0 Å². The van der Waals surface area contributed by atoms with Crippen LogP contribution in [-0.2, 0) is 4.74 Å². The Balaban J connectivity index is 1.60. The second-order valence-corrected chi connectivity index (χ2v) is 6.68. The maximum absolute atomic E-state index is 12.3. The molecular formula is C25H20O7. The molecule has 162 valence electrons. The molecule has 32 heavy (non-hydrogen) atoms. The van der Waals surface area contributed by atoms with Gasteiger partial charge < -0.3 is 14.2 Å². The van der Waals surface area contributed by atoms with Gasteiger partial charge in [0.1, 0.15) is 11.5 Å². The summed E-state index contributed by atoms with van der Waals surface area (Å²) in [5.41, 5.74) is 1.35. The van der Waals surface area contributed by atoms with Gasteiger partial charge in [0.2, 0.25) is 0 Å². The lowest BCUT2D eigenvalue weighted by Gasteiger charge is -2.07. The molecule has 0 aliphatic heterocycles. The van der Waals surface area contributed by atoms with Crippen molar-refractivity contribution in [3.05, 3.63) is 95.1 Å². The summed E-state index contributed by atoms with van der Waals surface area (Å²) in [5, 5.41) is 0. The molecule has 0 saturated heterocycles. The van der Waals surface area contributed by atoms with Crippen LogP contribution in [0.2, 0.25) is 0 Å². The Kier molecular flexibility index (Phi) is 7.13. The van der Waals surface area contributed by atoms with E-state index in [1.807, 2.05) is 0 Å². The Hall–Kier alpha value is -4.26. The van der Waals surface area contributed by atoms with E-state index in [1.165, 1.54) is 67.6 Å². The predicted octanol–water partition coefficient (Wildman–Crippen LogP) is 4.50. The van der Waals surface area contributed by atoms with E-state index in [0.717, 1.165) is 0 Å². The summed E-state index contributed by atoms with van der Waals surface area (Å²) < 4.78 is 15.5. The average Bonchev–Trinajstić information content (AvgIpc) is 2.80. The van der Waals surface area contributed by atoms with E-state index in [0.29, 0.717) is 16.9 Å². The molecule has 0 fully saturated rings. The van der Waals surface area contributed by atoms with Crippen LogP contribution in [0, 0.1) is 0 Å². The fourth-order valence-corrected chi connectivity index (χ4v) is 2.71. The molecule has 0 unspecified atom stereocenters. The molecule has 3 rings (SSSR count). The van der Waals surface area contributed by atoms with Crippen LogP contribution in [0.3, 0.4) is 0 Å². The van der Waals surface area contributed by atoms with E-state index >= 15 is 0 Å². The van der Waals surface area contributed by atoms with Crippen molar-refractivity contribution in [1.82, 2.24) is 0 Å². The molecule has 0 amide bonds. The highest BCUT2D eigenvalue weighted by atomic mass is 16.5. The highest BCUT2D eigenvalue weighted by Gasteiger charge is 2.13. The lowest BCUT2D eigenvalue weighted by molar-refractivity contribution is 0.0525. The maximum atomic E-state index is 12.3. The number of Topliss-reactive ketones (excluding diaryl/α,β-unsaturated/α-hetero) is 1. The number of carbonyl (C=O) groups is 4. The Morgan fingerprint density at radius 2 is 0.906 bits per heavy atom. The normalized spacial score (nSPS) is 10.2. The fraction of sp³-hybridized carbons (Fsp3) is 0.120. The van der Waals surface area contributed by atoms with Crippen LogP contribution >= 0.6 is 0 Å². The van der Waals surface area contributed by atoms with Crippen molar-refractivity contribution in [2.24, 2.45) is 0 Å². The molecule has 7 nitrogen and oxygen atoms in total. The van der Waals surface area contributed by atoms with Gasteiger partial charge in [-0.2, -0.15) is 0 Å². The van der Waals surface area contributed by atoms with Crippen LogP contribution in [0.1, 0.15) is 55.3 Å². The number of carbonyl (C=O) groups excluding carboxylic acids is 4. The van der Waals surface area contributed by atoms with Crippen molar-refractivity contribution in [3.8, 4) is 11.5 Å². The number of ether oxygens (including phenoxy) is 3. The minimum atomic E-state index is -0.617. The van der Waals surface area contributed by atoms with Crippen LogP contribution < -0.4 is 9.47 Å². The summed E-state index contributed by atoms with van der Waals surface area (Å²) >= 11 is 0. The standard InChI is InChI=1S/C25H20O7/c1-3-30-23(27)18-10-14-22(15-11-18)32-25(29)20-6-4-19(5-7-20)24(28)31-21-12-8-17(9-13-21)16(2)26/h4-15H,3H2,1-2H3. The number of rotatable bonds is 7. The number of hydrogen-bond donors (Lipinski definition) is 0. The average molecular weight is 432 g/mol. The zero-order valence-corrected chi connectivity index (χ0v) is 17.5. The third-order valence-electron chi connectivity index (χ3n) is 4.40. The third kappa shape index (κ3) is 5.66. The van der Waals surface area contributed by atoms with Gasteiger partial charge in [-0.25, -0.2) is 14.4 Å². The first-order valence-electron chi connectivity index (χ1n) is 9.80. The summed E-state index contributed by atoms with van der Waals surface area (Å²) in [6.07, 6.45) is 0. The maximum Gasteiger partial charge on any atom is 0.343 e. The van der Waals surface area contributed by atoms with Crippen LogP contribution in [-0.4, -0.2) is 30.3 Å². The lowest BCUT2D eigenvalue weighted by atomic mass is 10.1. The molecule has 7 heteroatoms. The first-order chi connectivity index (χ1) is 15.4. The quantitative estimate of drug-likeness (QED) is 0.308. The molecule has 0 bridgehead atoms. The second-order valence-electron chi connectivity index (χ2n) is 6.68. The van der Waals surface area contributed by atoms with Crippen molar-refractivity contribution in [2.45, 2.75) is 13.8 Å². The SMILES string of the molecule is CCOC(=O)c1ccc(OC(=O)c2ccc(C(=O)Oc3ccc(C(C)=O)cc3)cc2)cc1. The van der Waals surface area contributed by atoms with Gasteiger partial charge in [-0.1, -0.05) is 0 Å². The van der Waals surface area contributed by atoms with Gasteiger partial charge in [-0.05, 0) is 86.6 Å². The smallest absolute Gasteiger partial charge is 0.343 e. The Morgan fingerprint density at radius 1 is 0.562 bits per heavy atom. The first kappa shape index (κ1) is 22.4. The lowest BCUT2D eigenvalue weighted by Crippen LogP contribution is -2.11. The molecule has 0 heterocycles. The van der Waals surface area contributed by atoms with Gasteiger partial charge >= 0.3 is 17.9 Å². The molecular weight excluding hydrogens is 412 g/mol. The van der Waals surface area contributed by atoms with E-state index < -0.39 is 17.9 Å². The molecule has 0 aromatic heterocycles. The molecule has 0 aliphatic carbocycles. The number of esters is 3. The Bertz CT molecular complexity index is 1130. The molecule has 3 aromatic carbocycles. The van der Waals surface area contributed by atoms with Gasteiger partial charge in [-0.15, -0.1) is 0 Å². The molecule has 0 radical (unpaired) electrons. The monoisotopic (exact) mass is 432 g/mol. The highest BCUT2D eigenvalue weighted by Crippen LogP contribution is 2.17. The number of ketones is 1. The second kappa shape index (κ2) is 10.2. The summed E-state index contributed by atoms with van der Waals surface area (Å²) in [6.45, 7) is 3.43. The van der Waals surface area contributed by atoms with Gasteiger partial charge in [0.15, 0.2) is 5.78 Å². The predicted molar refractivity (Wildman–Crippen MR) is 115 cm³/mol. The van der Waals surface area contributed by atoms with E-state index in [2.05, 4.69) is 0 Å². The van der Waals surface area contributed by atoms with Crippen LogP contribution in [0.25, 0.3) is 0 Å². The summed E-state index contributed by atoms with van der Waals surface area (Å²) in [7, 11) is 0. The zero-order valence-electron chi connectivity index (χ0n) is 17.5. The van der Waals surface area contributed by atoms with Crippen molar-refractivity contribution >= 4 is 23.7 Å². The number of hydrogen-bond acceptors (Lipinski definition) is 7. The Morgan fingerprint density at radius 3 is 1.28 bits per heavy atom. The fourth-order valence-electron chi connectivity index (χ4n) is 2.71. The van der Waals surface area contributed by atoms with Gasteiger partial charge in [0.25, 0.3) is 0 Å². The molecule has 3 aromatic rings. The highest BCUT2D eigenvalue weighted by molar-refractivity contribution is 5.96. The summed E-state index contributed by atoms with van der Waals surface area (Å²) in [5.74, 6) is -1.19. The zero-order chi connectivity index (χ0) is 23.1. The third-order valence-corrected chi connectivity index (χ3v) is 4.40. The minimum absolute atomic E-state index is 0.0831. The van der Waals surface area contributed by atoms with Crippen molar-refractivity contribution in [3.63, 3.8) is 0 Å². The Labute approximate surface area is 184 Å². The molecule has 0 spiro atoms. The van der Waals surface area contributed by atoms with E-state index in [1.54, 1.807) is 19.1 Å². The van der Waals surface area contributed by atoms with Gasteiger partial charge in [0, 0.05) is 5.56 Å². The number of benzene rings is 3. The van der Waals surface area contributed by atoms with Gasteiger partial charge in [-0.3, -0.25) is 4.79 Å². The van der Waals surface area contributed by atoms with Crippen LogP contribution in [0.4, 0.5) is 0 Å². The topological polar surface area (TPSA) is 96.0 Å². The van der Waals surface area contributed by atoms with E-state index in [9.17, 15) is 19.2 Å². The van der Waals surface area contributed by atoms with Gasteiger partial charge in [0.05, 0.1) is 23.3 Å². The van der Waals surface area contributed by atoms with Crippen LogP contribution in [0.15, 0.2) is 72.8 Å². The summed E-state index contributed by atoms with van der Waals surface area (Å²) in [4.78, 5) is 47.6. The van der Waals surface area contributed by atoms with E-state index in [4.69, 9.17) is 14.2 Å². The van der Waals surface area contributed by atoms with Crippen LogP contribution in [0.5, 0.6) is 11.5 Å². The first-order valence-corrected chi connectivity index (χ1v) is 9.80. The summed E-state index contributed by atoms with van der Waals surface area (Å²) in [6, 6.07) is 18.0. The van der Waals surface area contributed by atoms with E-state index in [-0.39, 0.29) is 29.3 Å². The minimum Gasteiger partial charge on any atom is -0.462 e. The molecule has 0 saturated carbocycles. The molecule has 0 aliphatic rings. The molecule has 0 atom stereocenters. The van der Waals surface area contributed by atoms with Crippen molar-refractivity contribution in [2.75, 3.05) is 6.61 Å². The largest absolute Gasteiger partial charge is 0.462 e. The van der Waals surface area contributed by atoms with Crippen molar-refractivity contribution < 1.29 is 33.4 Å².